The highest BCUT2D eigenvalue weighted by Crippen LogP contribution is 2.24. The molecule has 0 saturated heterocycles. The van der Waals surface area contributed by atoms with E-state index in [2.05, 4.69) is 0 Å². The molecular weight excluding hydrogens is 246 g/mol. The van der Waals surface area contributed by atoms with Gasteiger partial charge in [0.1, 0.15) is 0 Å². The van der Waals surface area contributed by atoms with E-state index >= 15 is 0 Å². The van der Waals surface area contributed by atoms with Gasteiger partial charge in [-0.15, -0.1) is 0 Å². The van der Waals surface area contributed by atoms with Crippen LogP contribution in [0.2, 0.25) is 0 Å². The van der Waals surface area contributed by atoms with Crippen LogP contribution >= 0.6 is 0 Å². The number of carbonyl (C=O) groups excluding carboxylic acids is 1. The van der Waals surface area contributed by atoms with E-state index < -0.39 is 0 Å². The number of hydrogen-bond donors (Lipinski definition) is 1. The average Bonchev–Trinajstić information content (AvgIpc) is 2.46. The van der Waals surface area contributed by atoms with Crippen LogP contribution in [0.15, 0.2) is 60.7 Å². The van der Waals surface area contributed by atoms with E-state index in [0.717, 1.165) is 16.3 Å². The van der Waals surface area contributed by atoms with Crippen molar-refractivity contribution < 1.29 is 4.79 Å². The maximum atomic E-state index is 12.5. The summed E-state index contributed by atoms with van der Waals surface area (Å²) < 4.78 is 0. The highest BCUT2D eigenvalue weighted by molar-refractivity contribution is 6.14. The van der Waals surface area contributed by atoms with Crippen LogP contribution < -0.4 is 5.73 Å². The van der Waals surface area contributed by atoms with Crippen molar-refractivity contribution in [1.82, 2.24) is 0 Å². The number of nitrogens with two attached hydrogens (primary N) is 1. The van der Waals surface area contributed by atoms with E-state index in [9.17, 15) is 4.79 Å². The van der Waals surface area contributed by atoms with Crippen LogP contribution in [0.25, 0.3) is 10.8 Å². The van der Waals surface area contributed by atoms with E-state index in [0.29, 0.717) is 16.8 Å². The minimum absolute atomic E-state index is 0.0340. The minimum atomic E-state index is -0.0340. The van der Waals surface area contributed by atoms with Crippen LogP contribution in [0.5, 0.6) is 0 Å². The number of ketones is 1. The molecule has 0 radical (unpaired) electrons. The van der Waals surface area contributed by atoms with Gasteiger partial charge < -0.3 is 5.73 Å². The maximum absolute atomic E-state index is 12.5. The summed E-state index contributed by atoms with van der Waals surface area (Å²) in [4.78, 5) is 12.5. The van der Waals surface area contributed by atoms with Crippen molar-refractivity contribution in [3.05, 3.63) is 77.4 Å². The fraction of sp³-hybridized carbons (Fsp3) is 0.0556. The van der Waals surface area contributed by atoms with Gasteiger partial charge in [0, 0.05) is 16.8 Å². The Morgan fingerprint density at radius 1 is 0.900 bits per heavy atom. The fourth-order valence-electron chi connectivity index (χ4n) is 2.31. The Bertz CT molecular complexity index is 788. The third-order valence-corrected chi connectivity index (χ3v) is 3.48. The zero-order chi connectivity index (χ0) is 14.1. The molecule has 0 fully saturated rings. The number of nitrogen functional groups attached to an aromatic ring is 1. The normalized spacial score (nSPS) is 10.7. The molecule has 0 aliphatic rings. The number of benzene rings is 3. The zero-order valence-corrected chi connectivity index (χ0v) is 11.3. The first kappa shape index (κ1) is 12.4. The van der Waals surface area contributed by atoms with Crippen LogP contribution in [0.1, 0.15) is 21.5 Å². The van der Waals surface area contributed by atoms with E-state index in [1.165, 1.54) is 0 Å². The molecule has 0 amide bonds. The van der Waals surface area contributed by atoms with Crippen molar-refractivity contribution in [2.75, 3.05) is 5.73 Å². The molecule has 0 unspecified atom stereocenters. The third-order valence-electron chi connectivity index (χ3n) is 3.48. The predicted octanol–water partition coefficient (Wildman–Crippen LogP) is 3.96. The van der Waals surface area contributed by atoms with Gasteiger partial charge in [-0.1, -0.05) is 54.1 Å². The van der Waals surface area contributed by atoms with E-state index in [4.69, 9.17) is 5.73 Å². The van der Waals surface area contributed by atoms with Gasteiger partial charge in [0.25, 0.3) is 0 Å². The number of fused-ring (bicyclic) bond motifs is 1. The molecule has 3 rings (SSSR count). The predicted molar refractivity (Wildman–Crippen MR) is 83.0 cm³/mol. The first-order valence-electron chi connectivity index (χ1n) is 6.55. The van der Waals surface area contributed by atoms with Crippen molar-refractivity contribution >= 4 is 22.2 Å². The van der Waals surface area contributed by atoms with Crippen LogP contribution in [-0.4, -0.2) is 5.78 Å². The molecular formula is C18H15NO. The van der Waals surface area contributed by atoms with Crippen LogP contribution in [0.3, 0.4) is 0 Å². The molecule has 20 heavy (non-hydrogen) atoms. The average molecular weight is 261 g/mol. The highest BCUT2D eigenvalue weighted by Gasteiger charge is 2.13. The Morgan fingerprint density at radius 2 is 1.50 bits per heavy atom. The molecule has 0 saturated carbocycles. The van der Waals surface area contributed by atoms with Gasteiger partial charge in [0.2, 0.25) is 0 Å². The number of rotatable bonds is 2. The maximum Gasteiger partial charge on any atom is 0.195 e. The van der Waals surface area contributed by atoms with Gasteiger partial charge in [-0.25, -0.2) is 0 Å². The van der Waals surface area contributed by atoms with Crippen molar-refractivity contribution in [1.29, 1.82) is 0 Å². The summed E-state index contributed by atoms with van der Waals surface area (Å²) in [6.07, 6.45) is 0. The molecule has 3 aromatic carbocycles. The second-order valence-corrected chi connectivity index (χ2v) is 4.98. The van der Waals surface area contributed by atoms with Gasteiger partial charge in [-0.3, -0.25) is 4.79 Å². The number of carbonyl (C=O) groups is 1. The lowest BCUT2D eigenvalue weighted by molar-refractivity contribution is 0.103. The standard InChI is InChI=1S/C18H15NO/c1-12-6-8-13(9-7-12)18(20)16-10-14-4-2-3-5-15(14)11-17(16)19/h2-11H,19H2,1H3. The van der Waals surface area contributed by atoms with Crippen LogP contribution in [0, 0.1) is 6.92 Å². The summed E-state index contributed by atoms with van der Waals surface area (Å²) >= 11 is 0. The molecule has 0 spiro atoms. The second kappa shape index (κ2) is 4.82. The lowest BCUT2D eigenvalue weighted by atomic mass is 9.98. The van der Waals surface area contributed by atoms with Crippen molar-refractivity contribution in [2.45, 2.75) is 6.92 Å². The van der Waals surface area contributed by atoms with E-state index in [-0.39, 0.29) is 5.78 Å². The molecule has 3 aromatic rings. The van der Waals surface area contributed by atoms with E-state index in [1.54, 1.807) is 0 Å². The Kier molecular flexibility index (Phi) is 2.99. The monoisotopic (exact) mass is 261 g/mol. The number of aryl methyl sites for hydroxylation is 1. The van der Waals surface area contributed by atoms with Crippen molar-refractivity contribution in [3.8, 4) is 0 Å². The zero-order valence-electron chi connectivity index (χ0n) is 11.3. The van der Waals surface area contributed by atoms with E-state index in [1.807, 2.05) is 67.6 Å². The number of hydrogen-bond acceptors (Lipinski definition) is 2. The summed E-state index contributed by atoms with van der Waals surface area (Å²) in [7, 11) is 0. The first-order chi connectivity index (χ1) is 9.65. The summed E-state index contributed by atoms with van der Waals surface area (Å²) in [6, 6.07) is 19.2. The molecule has 2 heteroatoms. The minimum Gasteiger partial charge on any atom is -0.398 e. The molecule has 0 atom stereocenters. The third kappa shape index (κ3) is 2.16. The SMILES string of the molecule is Cc1ccc(C(=O)c2cc3ccccc3cc2N)cc1. The Morgan fingerprint density at radius 3 is 2.15 bits per heavy atom. The van der Waals surface area contributed by atoms with Gasteiger partial charge in [0.15, 0.2) is 5.78 Å². The summed E-state index contributed by atoms with van der Waals surface area (Å²) in [5.41, 5.74) is 8.92. The van der Waals surface area contributed by atoms with Crippen LogP contribution in [-0.2, 0) is 0 Å². The van der Waals surface area contributed by atoms with Gasteiger partial charge >= 0.3 is 0 Å². The van der Waals surface area contributed by atoms with Crippen molar-refractivity contribution in [2.24, 2.45) is 0 Å². The molecule has 0 aromatic heterocycles. The quantitative estimate of drug-likeness (QED) is 0.560. The molecule has 0 aliphatic heterocycles. The van der Waals surface area contributed by atoms with Gasteiger partial charge in [-0.05, 0) is 29.8 Å². The smallest absolute Gasteiger partial charge is 0.195 e. The fourth-order valence-corrected chi connectivity index (χ4v) is 2.31. The van der Waals surface area contributed by atoms with Crippen LogP contribution in [0.4, 0.5) is 5.69 Å². The summed E-state index contributed by atoms with van der Waals surface area (Å²) in [5.74, 6) is -0.0340. The largest absolute Gasteiger partial charge is 0.398 e. The molecule has 0 bridgehead atoms. The molecule has 0 aliphatic carbocycles. The summed E-state index contributed by atoms with van der Waals surface area (Å²) in [6.45, 7) is 2.00. The summed E-state index contributed by atoms with van der Waals surface area (Å²) in [5, 5.41) is 2.07. The molecule has 2 N–H and O–H groups in total. The topological polar surface area (TPSA) is 43.1 Å². The Labute approximate surface area is 117 Å². The molecule has 0 heterocycles. The second-order valence-electron chi connectivity index (χ2n) is 4.98. The lowest BCUT2D eigenvalue weighted by Gasteiger charge is -2.08. The van der Waals surface area contributed by atoms with Gasteiger partial charge in [0.05, 0.1) is 0 Å². The van der Waals surface area contributed by atoms with Gasteiger partial charge in [-0.2, -0.15) is 0 Å². The number of anilines is 1. The lowest BCUT2D eigenvalue weighted by Crippen LogP contribution is -2.05. The Hall–Kier alpha value is -2.61. The van der Waals surface area contributed by atoms with Crippen molar-refractivity contribution in [3.63, 3.8) is 0 Å². The first-order valence-corrected chi connectivity index (χ1v) is 6.55. The molecule has 98 valence electrons. The molecule has 2 nitrogen and oxygen atoms in total. The highest BCUT2D eigenvalue weighted by atomic mass is 16.1. The Balaban J connectivity index is 2.11.